The van der Waals surface area contributed by atoms with Gasteiger partial charge in [0.15, 0.2) is 0 Å². The third-order valence-corrected chi connectivity index (χ3v) is 3.66. The van der Waals surface area contributed by atoms with Crippen molar-refractivity contribution in [2.24, 2.45) is 0 Å². The second-order valence-electron chi connectivity index (χ2n) is 5.49. The first kappa shape index (κ1) is 16.3. The van der Waals surface area contributed by atoms with E-state index < -0.39 is 0 Å². The highest BCUT2D eigenvalue weighted by Gasteiger charge is 2.31. The lowest BCUT2D eigenvalue weighted by Crippen LogP contribution is -2.43. The number of nitrogens with zero attached hydrogens (tertiary/aromatic N) is 1. The number of hydrogen-bond donors (Lipinski definition) is 2. The monoisotopic (exact) mass is 307 g/mol. The van der Waals surface area contributed by atoms with Crippen LogP contribution in [0.25, 0.3) is 0 Å². The van der Waals surface area contributed by atoms with Gasteiger partial charge in [-0.3, -0.25) is 4.79 Å². The summed E-state index contributed by atoms with van der Waals surface area (Å²) in [6, 6.07) is 5.33. The van der Waals surface area contributed by atoms with Gasteiger partial charge in [-0.1, -0.05) is 19.8 Å². The zero-order valence-electron chi connectivity index (χ0n) is 12.8. The van der Waals surface area contributed by atoms with Crippen molar-refractivity contribution in [1.82, 2.24) is 10.6 Å². The molecule has 0 aromatic heterocycles. The van der Waals surface area contributed by atoms with Gasteiger partial charge in [0, 0.05) is 25.2 Å². The van der Waals surface area contributed by atoms with Crippen molar-refractivity contribution in [3.05, 3.63) is 30.1 Å². The zero-order valence-corrected chi connectivity index (χ0v) is 12.8. The molecule has 0 radical (unpaired) electrons. The van der Waals surface area contributed by atoms with E-state index in [1.165, 1.54) is 12.1 Å². The number of anilines is 1. The highest BCUT2D eigenvalue weighted by Crippen LogP contribution is 2.21. The summed E-state index contributed by atoms with van der Waals surface area (Å²) >= 11 is 0. The molecule has 0 spiro atoms. The van der Waals surface area contributed by atoms with Gasteiger partial charge >= 0.3 is 6.03 Å². The average Bonchev–Trinajstić information content (AvgIpc) is 2.85. The second kappa shape index (κ2) is 7.77. The maximum atomic E-state index is 12.9. The van der Waals surface area contributed by atoms with E-state index in [1.807, 2.05) is 0 Å². The first-order chi connectivity index (χ1) is 10.6. The van der Waals surface area contributed by atoms with Gasteiger partial charge in [-0.05, 0) is 30.7 Å². The van der Waals surface area contributed by atoms with E-state index in [-0.39, 0.29) is 30.2 Å². The second-order valence-corrected chi connectivity index (χ2v) is 5.49. The van der Waals surface area contributed by atoms with Gasteiger partial charge in [-0.15, -0.1) is 0 Å². The number of unbranched alkanes of at least 4 members (excludes halogenated alkanes) is 2. The van der Waals surface area contributed by atoms with Crippen molar-refractivity contribution in [3.63, 3.8) is 0 Å². The summed E-state index contributed by atoms with van der Waals surface area (Å²) < 4.78 is 12.9. The number of rotatable bonds is 6. The largest absolute Gasteiger partial charge is 0.338 e. The highest BCUT2D eigenvalue weighted by molar-refractivity contribution is 5.96. The lowest BCUT2D eigenvalue weighted by molar-refractivity contribution is -0.117. The highest BCUT2D eigenvalue weighted by atomic mass is 19.1. The summed E-state index contributed by atoms with van der Waals surface area (Å²) in [4.78, 5) is 25.3. The van der Waals surface area contributed by atoms with Crippen molar-refractivity contribution in [2.45, 2.75) is 38.6 Å². The normalized spacial score (nSPS) is 17.6. The molecule has 0 saturated carbocycles. The maximum Gasteiger partial charge on any atom is 0.315 e. The molecule has 1 atom stereocenters. The minimum atomic E-state index is -0.337. The SMILES string of the molecule is CCCCCNC(=O)N[C@H]1CC(=O)N(c2ccc(F)cc2)C1. The van der Waals surface area contributed by atoms with Gasteiger partial charge in [0.05, 0.1) is 6.04 Å². The minimum absolute atomic E-state index is 0.0668. The molecular formula is C16H22FN3O2. The number of nitrogens with one attached hydrogen (secondary N) is 2. The summed E-state index contributed by atoms with van der Waals surface area (Å²) in [5.74, 6) is -0.403. The molecule has 1 aromatic carbocycles. The Kier molecular flexibility index (Phi) is 5.75. The number of amides is 3. The van der Waals surface area contributed by atoms with Crippen LogP contribution in [0.1, 0.15) is 32.6 Å². The van der Waals surface area contributed by atoms with E-state index in [0.717, 1.165) is 19.3 Å². The van der Waals surface area contributed by atoms with Crippen LogP contribution in [0.15, 0.2) is 24.3 Å². The fourth-order valence-corrected chi connectivity index (χ4v) is 2.49. The molecule has 0 aliphatic carbocycles. The number of halogens is 1. The van der Waals surface area contributed by atoms with Crippen LogP contribution in [-0.2, 0) is 4.79 Å². The van der Waals surface area contributed by atoms with Crippen LogP contribution in [-0.4, -0.2) is 31.1 Å². The van der Waals surface area contributed by atoms with Crippen LogP contribution < -0.4 is 15.5 Å². The minimum Gasteiger partial charge on any atom is -0.338 e. The Hall–Kier alpha value is -2.11. The van der Waals surface area contributed by atoms with Gasteiger partial charge in [-0.2, -0.15) is 0 Å². The standard InChI is InChI=1S/C16H22FN3O2/c1-2-3-4-9-18-16(22)19-13-10-15(21)20(11-13)14-7-5-12(17)6-8-14/h5-8,13H,2-4,9-11H2,1H3,(H2,18,19,22)/t13-/m0/s1. The van der Waals surface area contributed by atoms with E-state index >= 15 is 0 Å². The van der Waals surface area contributed by atoms with Crippen LogP contribution in [0.2, 0.25) is 0 Å². The van der Waals surface area contributed by atoms with Gasteiger partial charge in [0.2, 0.25) is 5.91 Å². The smallest absolute Gasteiger partial charge is 0.315 e. The van der Waals surface area contributed by atoms with Crippen molar-refractivity contribution in [3.8, 4) is 0 Å². The van der Waals surface area contributed by atoms with Gasteiger partial charge in [-0.25, -0.2) is 9.18 Å². The number of hydrogen-bond acceptors (Lipinski definition) is 2. The summed E-state index contributed by atoms with van der Waals surface area (Å²) in [5, 5.41) is 5.60. The van der Waals surface area contributed by atoms with Crippen molar-refractivity contribution >= 4 is 17.6 Å². The van der Waals surface area contributed by atoms with Crippen molar-refractivity contribution in [2.75, 3.05) is 18.0 Å². The summed E-state index contributed by atoms with van der Waals surface area (Å²) in [5.41, 5.74) is 0.652. The van der Waals surface area contributed by atoms with Gasteiger partial charge in [0.1, 0.15) is 5.82 Å². The summed E-state index contributed by atoms with van der Waals surface area (Å²) in [6.45, 7) is 3.16. The van der Waals surface area contributed by atoms with Crippen molar-refractivity contribution in [1.29, 1.82) is 0 Å². The molecule has 2 N–H and O–H groups in total. The fraction of sp³-hybridized carbons (Fsp3) is 0.500. The lowest BCUT2D eigenvalue weighted by Gasteiger charge is -2.17. The molecule has 1 heterocycles. The number of benzene rings is 1. The molecule has 0 bridgehead atoms. The predicted molar refractivity (Wildman–Crippen MR) is 83.2 cm³/mol. The fourth-order valence-electron chi connectivity index (χ4n) is 2.49. The van der Waals surface area contributed by atoms with E-state index in [1.54, 1.807) is 17.0 Å². The third-order valence-electron chi connectivity index (χ3n) is 3.66. The third kappa shape index (κ3) is 4.44. The molecule has 0 unspecified atom stereocenters. The van der Waals surface area contributed by atoms with E-state index in [0.29, 0.717) is 18.8 Å². The average molecular weight is 307 g/mol. The summed E-state index contributed by atoms with van der Waals surface area (Å²) in [7, 11) is 0. The van der Waals surface area contributed by atoms with Crippen LogP contribution in [0.4, 0.5) is 14.9 Å². The van der Waals surface area contributed by atoms with E-state index in [9.17, 15) is 14.0 Å². The molecule has 1 aliphatic rings. The quantitative estimate of drug-likeness (QED) is 0.793. The number of urea groups is 1. The Balaban J connectivity index is 1.82. The maximum absolute atomic E-state index is 12.9. The molecule has 2 rings (SSSR count). The van der Waals surface area contributed by atoms with Crippen LogP contribution in [0.3, 0.4) is 0 Å². The molecule has 120 valence electrons. The number of carbonyl (C=O) groups is 2. The molecular weight excluding hydrogens is 285 g/mol. The molecule has 3 amide bonds. The summed E-state index contributed by atoms with van der Waals surface area (Å²) in [6.07, 6.45) is 3.41. The van der Waals surface area contributed by atoms with Gasteiger partial charge in [0.25, 0.3) is 0 Å². The first-order valence-corrected chi connectivity index (χ1v) is 7.70. The molecule has 6 heteroatoms. The first-order valence-electron chi connectivity index (χ1n) is 7.70. The molecule has 1 aliphatic heterocycles. The molecule has 1 aromatic rings. The molecule has 22 heavy (non-hydrogen) atoms. The van der Waals surface area contributed by atoms with Crippen LogP contribution >= 0.6 is 0 Å². The number of carbonyl (C=O) groups excluding carboxylic acids is 2. The van der Waals surface area contributed by atoms with Crippen molar-refractivity contribution < 1.29 is 14.0 Å². The van der Waals surface area contributed by atoms with E-state index in [4.69, 9.17) is 0 Å². The van der Waals surface area contributed by atoms with Crippen LogP contribution in [0.5, 0.6) is 0 Å². The Morgan fingerprint density at radius 3 is 2.73 bits per heavy atom. The zero-order chi connectivity index (χ0) is 15.9. The Labute approximate surface area is 129 Å². The molecule has 1 fully saturated rings. The molecule has 5 nitrogen and oxygen atoms in total. The predicted octanol–water partition coefficient (Wildman–Crippen LogP) is 2.42. The van der Waals surface area contributed by atoms with Gasteiger partial charge < -0.3 is 15.5 Å². The van der Waals surface area contributed by atoms with E-state index in [2.05, 4.69) is 17.6 Å². The lowest BCUT2D eigenvalue weighted by atomic mass is 10.2. The Morgan fingerprint density at radius 1 is 1.32 bits per heavy atom. The Morgan fingerprint density at radius 2 is 2.05 bits per heavy atom. The Bertz CT molecular complexity index is 519. The van der Waals surface area contributed by atoms with Crippen LogP contribution in [0, 0.1) is 5.82 Å². The molecule has 1 saturated heterocycles. The topological polar surface area (TPSA) is 61.4 Å².